The van der Waals surface area contributed by atoms with Crippen LogP contribution in [0.2, 0.25) is 0 Å². The van der Waals surface area contributed by atoms with E-state index in [1.165, 1.54) is 11.3 Å². The van der Waals surface area contributed by atoms with Crippen molar-refractivity contribution in [2.75, 3.05) is 17.2 Å². The maximum atomic E-state index is 12.7. The van der Waals surface area contributed by atoms with Crippen molar-refractivity contribution < 1.29 is 9.53 Å². The minimum atomic E-state index is -0.355. The standard InChI is InChI=1S/C22H22N2O2S2/c1-4-26-21(25)19-18(16-10-6-5-7-11-16)15(3)28-20(19)24-22(27)23-17-12-8-9-14(2)13-17/h5-13H,4H2,1-3H3,(H2,23,24,27). The van der Waals surface area contributed by atoms with Crippen LogP contribution in [-0.4, -0.2) is 17.7 Å². The molecule has 28 heavy (non-hydrogen) atoms. The van der Waals surface area contributed by atoms with E-state index in [1.54, 1.807) is 6.92 Å². The van der Waals surface area contributed by atoms with Crippen molar-refractivity contribution in [3.05, 3.63) is 70.6 Å². The fourth-order valence-electron chi connectivity index (χ4n) is 2.97. The zero-order valence-electron chi connectivity index (χ0n) is 16.0. The van der Waals surface area contributed by atoms with Crippen molar-refractivity contribution in [2.24, 2.45) is 0 Å². The molecule has 0 amide bonds. The second-order valence-electron chi connectivity index (χ2n) is 6.27. The van der Waals surface area contributed by atoms with Gasteiger partial charge in [-0.2, -0.15) is 0 Å². The van der Waals surface area contributed by atoms with Crippen molar-refractivity contribution in [1.29, 1.82) is 0 Å². The van der Waals surface area contributed by atoms with Crippen molar-refractivity contribution in [3.63, 3.8) is 0 Å². The van der Waals surface area contributed by atoms with Crippen molar-refractivity contribution in [3.8, 4) is 11.1 Å². The van der Waals surface area contributed by atoms with E-state index in [4.69, 9.17) is 17.0 Å². The molecule has 0 bridgehead atoms. The molecule has 0 saturated heterocycles. The SMILES string of the molecule is CCOC(=O)c1c(NC(=S)Nc2cccc(C)c2)sc(C)c1-c1ccccc1. The Morgan fingerprint density at radius 1 is 1.07 bits per heavy atom. The Balaban J connectivity index is 1.94. The summed E-state index contributed by atoms with van der Waals surface area (Å²) in [5, 5.41) is 7.47. The van der Waals surface area contributed by atoms with Crippen molar-refractivity contribution in [2.45, 2.75) is 20.8 Å². The number of esters is 1. The van der Waals surface area contributed by atoms with Crippen LogP contribution in [0.4, 0.5) is 10.7 Å². The van der Waals surface area contributed by atoms with Gasteiger partial charge in [-0.1, -0.05) is 42.5 Å². The highest BCUT2D eigenvalue weighted by atomic mass is 32.1. The summed E-state index contributed by atoms with van der Waals surface area (Å²) < 4.78 is 5.32. The van der Waals surface area contributed by atoms with Crippen molar-refractivity contribution >= 4 is 45.3 Å². The lowest BCUT2D eigenvalue weighted by molar-refractivity contribution is 0.0529. The van der Waals surface area contributed by atoms with E-state index in [1.807, 2.05) is 68.4 Å². The Morgan fingerprint density at radius 2 is 1.82 bits per heavy atom. The Morgan fingerprint density at radius 3 is 2.50 bits per heavy atom. The van der Waals surface area contributed by atoms with Crippen LogP contribution < -0.4 is 10.6 Å². The van der Waals surface area contributed by atoms with Gasteiger partial charge in [-0.05, 0) is 56.2 Å². The second kappa shape index (κ2) is 8.99. The lowest BCUT2D eigenvalue weighted by atomic mass is 10.0. The van der Waals surface area contributed by atoms with E-state index in [-0.39, 0.29) is 5.97 Å². The normalized spacial score (nSPS) is 10.4. The first-order valence-corrected chi connectivity index (χ1v) is 10.2. The van der Waals surface area contributed by atoms with Gasteiger partial charge in [0, 0.05) is 16.1 Å². The predicted octanol–water partition coefficient (Wildman–Crippen LogP) is 6.02. The van der Waals surface area contributed by atoms with Gasteiger partial charge in [0.05, 0.1) is 6.61 Å². The molecule has 0 radical (unpaired) electrons. The average molecular weight is 411 g/mol. The lowest BCUT2D eigenvalue weighted by Gasteiger charge is -2.12. The fraction of sp³-hybridized carbons (Fsp3) is 0.182. The Bertz CT molecular complexity index is 997. The Hall–Kier alpha value is -2.70. The molecule has 2 aromatic carbocycles. The zero-order chi connectivity index (χ0) is 20.1. The third kappa shape index (κ3) is 4.58. The molecule has 4 nitrogen and oxygen atoms in total. The molecule has 0 aliphatic rings. The van der Waals surface area contributed by atoms with Gasteiger partial charge in [-0.3, -0.25) is 0 Å². The largest absolute Gasteiger partial charge is 0.462 e. The van der Waals surface area contributed by atoms with Gasteiger partial charge in [0.25, 0.3) is 0 Å². The first-order valence-electron chi connectivity index (χ1n) is 9.00. The molecule has 2 N–H and O–H groups in total. The molecule has 0 unspecified atom stereocenters. The van der Waals surface area contributed by atoms with Gasteiger partial charge >= 0.3 is 5.97 Å². The smallest absolute Gasteiger partial charge is 0.341 e. The first-order chi connectivity index (χ1) is 13.5. The summed E-state index contributed by atoms with van der Waals surface area (Å²) in [4.78, 5) is 13.8. The number of benzene rings is 2. The molecule has 1 aromatic heterocycles. The molecule has 0 aliphatic carbocycles. The number of thiophene rings is 1. The van der Waals surface area contributed by atoms with Gasteiger partial charge < -0.3 is 15.4 Å². The summed E-state index contributed by atoms with van der Waals surface area (Å²) in [6, 6.07) is 17.8. The minimum Gasteiger partial charge on any atom is -0.462 e. The number of carbonyl (C=O) groups is 1. The maximum absolute atomic E-state index is 12.7. The number of thiocarbonyl (C=S) groups is 1. The van der Waals surface area contributed by atoms with E-state index in [0.29, 0.717) is 22.3 Å². The monoisotopic (exact) mass is 410 g/mol. The van der Waals surface area contributed by atoms with E-state index in [2.05, 4.69) is 10.6 Å². The molecule has 3 aromatic rings. The Kier molecular flexibility index (Phi) is 6.44. The van der Waals surface area contributed by atoms with Crippen LogP contribution in [-0.2, 0) is 4.74 Å². The van der Waals surface area contributed by atoms with E-state index < -0.39 is 0 Å². The highest BCUT2D eigenvalue weighted by Crippen LogP contribution is 2.40. The zero-order valence-corrected chi connectivity index (χ0v) is 17.7. The number of nitrogens with one attached hydrogen (secondary N) is 2. The molecule has 3 rings (SSSR count). The molecule has 0 spiro atoms. The highest BCUT2D eigenvalue weighted by Gasteiger charge is 2.24. The molecule has 0 fully saturated rings. The number of aryl methyl sites for hydroxylation is 2. The summed E-state index contributed by atoms with van der Waals surface area (Å²) in [6.07, 6.45) is 0. The van der Waals surface area contributed by atoms with Crippen LogP contribution in [0.1, 0.15) is 27.7 Å². The summed E-state index contributed by atoms with van der Waals surface area (Å²) in [7, 11) is 0. The molecule has 0 saturated carbocycles. The third-order valence-electron chi connectivity index (χ3n) is 4.13. The number of carbonyl (C=O) groups excluding carboxylic acids is 1. The first kappa shape index (κ1) is 20.0. The maximum Gasteiger partial charge on any atom is 0.341 e. The lowest BCUT2D eigenvalue weighted by Crippen LogP contribution is -2.20. The quantitative estimate of drug-likeness (QED) is 0.398. The topological polar surface area (TPSA) is 50.4 Å². The predicted molar refractivity (Wildman–Crippen MR) is 121 cm³/mol. The number of hydrogen-bond donors (Lipinski definition) is 2. The van der Waals surface area contributed by atoms with Crippen LogP contribution in [0.15, 0.2) is 54.6 Å². The fourth-order valence-corrected chi connectivity index (χ4v) is 4.32. The van der Waals surface area contributed by atoms with E-state index in [9.17, 15) is 4.79 Å². The van der Waals surface area contributed by atoms with E-state index >= 15 is 0 Å². The molecular formula is C22H22N2O2S2. The Labute approximate surface area is 174 Å². The van der Waals surface area contributed by atoms with Crippen LogP contribution in [0.3, 0.4) is 0 Å². The van der Waals surface area contributed by atoms with Crippen molar-refractivity contribution in [1.82, 2.24) is 0 Å². The average Bonchev–Trinajstić information content (AvgIpc) is 2.98. The molecular weight excluding hydrogens is 388 g/mol. The summed E-state index contributed by atoms with van der Waals surface area (Å²) in [5.41, 5.74) is 4.41. The van der Waals surface area contributed by atoms with Crippen LogP contribution in [0.25, 0.3) is 11.1 Å². The van der Waals surface area contributed by atoms with Crippen LogP contribution in [0.5, 0.6) is 0 Å². The molecule has 1 heterocycles. The molecule has 144 valence electrons. The molecule has 0 aliphatic heterocycles. The van der Waals surface area contributed by atoms with Gasteiger partial charge in [0.1, 0.15) is 10.6 Å². The number of ether oxygens (including phenoxy) is 1. The van der Waals surface area contributed by atoms with Gasteiger partial charge in [0.2, 0.25) is 0 Å². The minimum absolute atomic E-state index is 0.313. The molecule has 0 atom stereocenters. The van der Waals surface area contributed by atoms with Gasteiger partial charge in [0.15, 0.2) is 5.11 Å². The van der Waals surface area contributed by atoms with Gasteiger partial charge in [-0.15, -0.1) is 11.3 Å². The number of hydrogen-bond acceptors (Lipinski definition) is 4. The second-order valence-corrected chi connectivity index (χ2v) is 7.91. The van der Waals surface area contributed by atoms with Crippen LogP contribution >= 0.6 is 23.6 Å². The molecule has 6 heteroatoms. The third-order valence-corrected chi connectivity index (χ3v) is 5.35. The summed E-state index contributed by atoms with van der Waals surface area (Å²) >= 11 is 6.97. The number of anilines is 2. The number of rotatable bonds is 5. The summed E-state index contributed by atoms with van der Waals surface area (Å²) in [6.45, 7) is 6.14. The van der Waals surface area contributed by atoms with Crippen LogP contribution in [0, 0.1) is 13.8 Å². The highest BCUT2D eigenvalue weighted by molar-refractivity contribution is 7.80. The van der Waals surface area contributed by atoms with E-state index in [0.717, 1.165) is 27.3 Å². The van der Waals surface area contributed by atoms with Gasteiger partial charge in [-0.25, -0.2) is 4.79 Å². The summed E-state index contributed by atoms with van der Waals surface area (Å²) in [5.74, 6) is -0.355.